The number of hydrogen-bond acceptors (Lipinski definition) is 6. The SMILES string of the molecule is COc1cc(/C=C2\CN(C)CCC2=O)cc([N+](=O)[O-])c1OC. The number of likely N-dealkylation sites (tertiary alicyclic amines) is 1. The number of nitro groups is 1. The molecule has 0 N–H and O–H groups in total. The molecule has 1 heterocycles. The van der Waals surface area contributed by atoms with Gasteiger partial charge in [-0.3, -0.25) is 14.9 Å². The summed E-state index contributed by atoms with van der Waals surface area (Å²) < 4.78 is 10.2. The van der Waals surface area contributed by atoms with Gasteiger partial charge in [-0.15, -0.1) is 0 Å². The Labute approximate surface area is 128 Å². The average Bonchev–Trinajstić information content (AvgIpc) is 2.49. The summed E-state index contributed by atoms with van der Waals surface area (Å²) in [6.07, 6.45) is 2.13. The van der Waals surface area contributed by atoms with Crippen LogP contribution in [0.1, 0.15) is 12.0 Å². The van der Waals surface area contributed by atoms with Gasteiger partial charge in [0.2, 0.25) is 5.75 Å². The van der Waals surface area contributed by atoms with Gasteiger partial charge >= 0.3 is 5.69 Å². The number of rotatable bonds is 4. The van der Waals surface area contributed by atoms with Crippen LogP contribution in [0.3, 0.4) is 0 Å². The van der Waals surface area contributed by atoms with E-state index in [0.717, 1.165) is 6.54 Å². The van der Waals surface area contributed by atoms with Crippen molar-refractivity contribution in [2.45, 2.75) is 6.42 Å². The van der Waals surface area contributed by atoms with Gasteiger partial charge in [0.25, 0.3) is 0 Å². The van der Waals surface area contributed by atoms with E-state index >= 15 is 0 Å². The smallest absolute Gasteiger partial charge is 0.315 e. The fraction of sp³-hybridized carbons (Fsp3) is 0.400. The molecule has 0 unspecified atom stereocenters. The number of hydrogen-bond donors (Lipinski definition) is 0. The Morgan fingerprint density at radius 2 is 2.05 bits per heavy atom. The van der Waals surface area contributed by atoms with Crippen LogP contribution >= 0.6 is 0 Å². The summed E-state index contributed by atoms with van der Waals surface area (Å²) in [5.74, 6) is 0.400. The van der Waals surface area contributed by atoms with Crippen LogP contribution in [0.15, 0.2) is 17.7 Å². The molecule has 0 aromatic heterocycles. The van der Waals surface area contributed by atoms with Gasteiger partial charge in [-0.2, -0.15) is 0 Å². The quantitative estimate of drug-likeness (QED) is 0.480. The first-order chi connectivity index (χ1) is 10.5. The number of likely N-dealkylation sites (N-methyl/N-ethyl adjacent to an activating group) is 1. The first-order valence-electron chi connectivity index (χ1n) is 6.79. The highest BCUT2D eigenvalue weighted by molar-refractivity contribution is 6.00. The summed E-state index contributed by atoms with van der Waals surface area (Å²) in [6, 6.07) is 3.01. The number of ketones is 1. The molecule has 22 heavy (non-hydrogen) atoms. The lowest BCUT2D eigenvalue weighted by atomic mass is 10.0. The van der Waals surface area contributed by atoms with E-state index in [1.165, 1.54) is 20.3 Å². The molecule has 118 valence electrons. The predicted octanol–water partition coefficient (Wildman–Crippen LogP) is 1.90. The maximum absolute atomic E-state index is 12.0. The zero-order valence-corrected chi connectivity index (χ0v) is 12.8. The lowest BCUT2D eigenvalue weighted by Crippen LogP contribution is -2.32. The maximum atomic E-state index is 12.0. The van der Waals surface area contributed by atoms with E-state index < -0.39 is 4.92 Å². The van der Waals surface area contributed by atoms with Gasteiger partial charge in [0.05, 0.1) is 19.1 Å². The molecular formula is C15H18N2O5. The van der Waals surface area contributed by atoms with E-state index in [1.54, 1.807) is 12.1 Å². The average molecular weight is 306 g/mol. The van der Waals surface area contributed by atoms with Crippen molar-refractivity contribution in [3.63, 3.8) is 0 Å². The fourth-order valence-corrected chi connectivity index (χ4v) is 2.42. The second-order valence-electron chi connectivity index (χ2n) is 5.11. The molecule has 1 fully saturated rings. The van der Waals surface area contributed by atoms with Crippen LogP contribution in [-0.4, -0.2) is 50.0 Å². The summed E-state index contributed by atoms with van der Waals surface area (Å²) in [5.41, 5.74) is 0.989. The molecule has 0 aliphatic carbocycles. The molecule has 0 radical (unpaired) electrons. The number of ether oxygens (including phenoxy) is 2. The van der Waals surface area contributed by atoms with E-state index in [4.69, 9.17) is 9.47 Å². The third kappa shape index (κ3) is 3.25. The van der Waals surface area contributed by atoms with Crippen molar-refractivity contribution in [2.75, 3.05) is 34.4 Å². The molecule has 1 saturated heterocycles. The number of carbonyl (C=O) groups excluding carboxylic acids is 1. The Bertz CT molecular complexity index is 639. The summed E-state index contributed by atoms with van der Waals surface area (Å²) in [6.45, 7) is 1.25. The zero-order chi connectivity index (χ0) is 16.3. The van der Waals surface area contributed by atoms with Crippen molar-refractivity contribution in [2.24, 2.45) is 0 Å². The van der Waals surface area contributed by atoms with Crippen LogP contribution in [0, 0.1) is 10.1 Å². The summed E-state index contributed by atoms with van der Waals surface area (Å²) >= 11 is 0. The van der Waals surface area contributed by atoms with Crippen LogP contribution < -0.4 is 9.47 Å². The Kier molecular flexibility index (Phi) is 4.77. The van der Waals surface area contributed by atoms with Crippen LogP contribution in [0.5, 0.6) is 11.5 Å². The second-order valence-corrected chi connectivity index (χ2v) is 5.11. The molecule has 0 saturated carbocycles. The Balaban J connectivity index is 2.49. The largest absolute Gasteiger partial charge is 0.493 e. The van der Waals surface area contributed by atoms with E-state index in [-0.39, 0.29) is 23.0 Å². The molecule has 7 heteroatoms. The van der Waals surface area contributed by atoms with E-state index in [1.807, 2.05) is 11.9 Å². The van der Waals surface area contributed by atoms with Crippen molar-refractivity contribution in [3.8, 4) is 11.5 Å². The van der Waals surface area contributed by atoms with Crippen molar-refractivity contribution in [3.05, 3.63) is 33.4 Å². The molecule has 0 spiro atoms. The van der Waals surface area contributed by atoms with E-state index in [9.17, 15) is 14.9 Å². The molecular weight excluding hydrogens is 288 g/mol. The number of benzene rings is 1. The molecule has 1 aromatic carbocycles. The normalized spacial score (nSPS) is 17.6. The topological polar surface area (TPSA) is 81.9 Å². The first-order valence-corrected chi connectivity index (χ1v) is 6.79. The van der Waals surface area contributed by atoms with Crippen molar-refractivity contribution in [1.29, 1.82) is 0 Å². The summed E-state index contributed by atoms with van der Waals surface area (Å²) in [5, 5.41) is 11.2. The van der Waals surface area contributed by atoms with Crippen LogP contribution in [-0.2, 0) is 4.79 Å². The Hall–Kier alpha value is -2.41. The molecule has 7 nitrogen and oxygen atoms in total. The molecule has 1 aliphatic rings. The minimum Gasteiger partial charge on any atom is -0.493 e. The number of nitrogens with zero attached hydrogens (tertiary/aromatic N) is 2. The molecule has 1 aliphatic heterocycles. The summed E-state index contributed by atoms with van der Waals surface area (Å²) in [4.78, 5) is 24.6. The standard InChI is InChI=1S/C15H18N2O5/c1-16-5-4-13(18)11(9-16)6-10-7-12(17(19)20)15(22-3)14(8-10)21-2/h6-8H,4-5,9H2,1-3H3/b11-6+. The second kappa shape index (κ2) is 6.57. The van der Waals surface area contributed by atoms with Gasteiger partial charge in [-0.05, 0) is 24.8 Å². The minimum atomic E-state index is -0.530. The number of piperidine rings is 1. The van der Waals surface area contributed by atoms with Gasteiger partial charge in [-0.1, -0.05) is 0 Å². The third-order valence-corrected chi connectivity index (χ3v) is 3.54. The first kappa shape index (κ1) is 16.0. The molecule has 2 rings (SSSR count). The van der Waals surface area contributed by atoms with Crippen LogP contribution in [0.25, 0.3) is 6.08 Å². The van der Waals surface area contributed by atoms with Crippen molar-refractivity contribution in [1.82, 2.24) is 4.90 Å². The molecule has 1 aromatic rings. The summed E-state index contributed by atoms with van der Waals surface area (Å²) in [7, 11) is 4.69. The van der Waals surface area contributed by atoms with Gasteiger partial charge in [0.1, 0.15) is 0 Å². The number of methoxy groups -OCH3 is 2. The molecule has 0 bridgehead atoms. The van der Waals surface area contributed by atoms with Gasteiger partial charge in [0.15, 0.2) is 11.5 Å². The molecule has 0 atom stereocenters. The van der Waals surface area contributed by atoms with Gasteiger partial charge in [-0.25, -0.2) is 0 Å². The highest BCUT2D eigenvalue weighted by Crippen LogP contribution is 2.38. The van der Waals surface area contributed by atoms with E-state index in [0.29, 0.717) is 24.1 Å². The number of carbonyl (C=O) groups is 1. The highest BCUT2D eigenvalue weighted by atomic mass is 16.6. The maximum Gasteiger partial charge on any atom is 0.315 e. The predicted molar refractivity (Wildman–Crippen MR) is 81.3 cm³/mol. The Morgan fingerprint density at radius 3 is 2.64 bits per heavy atom. The lowest BCUT2D eigenvalue weighted by molar-refractivity contribution is -0.385. The molecule has 0 amide bonds. The van der Waals surface area contributed by atoms with Crippen molar-refractivity contribution >= 4 is 17.5 Å². The monoisotopic (exact) mass is 306 g/mol. The van der Waals surface area contributed by atoms with Gasteiger partial charge < -0.3 is 14.4 Å². The minimum absolute atomic E-state index is 0.0653. The lowest BCUT2D eigenvalue weighted by Gasteiger charge is -2.23. The number of nitro benzene ring substituents is 1. The highest BCUT2D eigenvalue weighted by Gasteiger charge is 2.23. The van der Waals surface area contributed by atoms with Gasteiger partial charge in [0, 0.05) is 31.1 Å². The van der Waals surface area contributed by atoms with Crippen molar-refractivity contribution < 1.29 is 19.2 Å². The third-order valence-electron chi connectivity index (χ3n) is 3.54. The zero-order valence-electron chi connectivity index (χ0n) is 12.8. The van der Waals surface area contributed by atoms with Crippen LogP contribution in [0.4, 0.5) is 5.69 Å². The number of Topliss-reactive ketones (excluding diaryl/α,β-unsaturated/α-hetero) is 1. The fourth-order valence-electron chi connectivity index (χ4n) is 2.42. The Morgan fingerprint density at radius 1 is 1.32 bits per heavy atom. The van der Waals surface area contributed by atoms with Crippen LogP contribution in [0.2, 0.25) is 0 Å². The van der Waals surface area contributed by atoms with E-state index in [2.05, 4.69) is 0 Å².